The van der Waals surface area contributed by atoms with Crippen LogP contribution in [0.4, 0.5) is 11.5 Å². The van der Waals surface area contributed by atoms with Gasteiger partial charge in [-0.05, 0) is 12.5 Å². The number of hydrogen-bond acceptors (Lipinski definition) is 2. The van der Waals surface area contributed by atoms with Crippen LogP contribution in [0, 0.1) is 13.5 Å². The number of aromatic amines is 1. The van der Waals surface area contributed by atoms with E-state index in [1.807, 2.05) is 19.1 Å². The fraction of sp³-hybridized carbons (Fsp3) is 0.0909. The first-order valence-electron chi connectivity index (χ1n) is 4.50. The van der Waals surface area contributed by atoms with Crippen LogP contribution in [0.15, 0.2) is 24.3 Å². The highest BCUT2D eigenvalue weighted by Crippen LogP contribution is 2.28. The highest BCUT2D eigenvalue weighted by atomic mass is 15.2. The standard InChI is InChI=1S/C11H10N4/c1-7-10(11(12)15-14-7)8-3-5-9(13-2)6-4-8/h3-6H,1H3,(H3,12,14,15). The quantitative estimate of drug-likeness (QED) is 0.691. The van der Waals surface area contributed by atoms with Gasteiger partial charge in [-0.1, -0.05) is 24.3 Å². The lowest BCUT2D eigenvalue weighted by Gasteiger charge is -2.00. The normalized spacial score (nSPS) is 9.87. The number of H-pyrrole nitrogens is 1. The van der Waals surface area contributed by atoms with Crippen molar-refractivity contribution in [3.8, 4) is 11.1 Å². The minimum Gasteiger partial charge on any atom is -0.382 e. The van der Waals surface area contributed by atoms with Crippen LogP contribution in [0.1, 0.15) is 5.69 Å². The highest BCUT2D eigenvalue weighted by Gasteiger charge is 2.08. The molecule has 0 spiro atoms. The van der Waals surface area contributed by atoms with E-state index in [1.54, 1.807) is 12.1 Å². The molecule has 74 valence electrons. The van der Waals surface area contributed by atoms with Gasteiger partial charge in [-0.25, -0.2) is 4.85 Å². The molecule has 2 rings (SSSR count). The summed E-state index contributed by atoms with van der Waals surface area (Å²) in [5.41, 5.74) is 9.18. The van der Waals surface area contributed by atoms with Gasteiger partial charge in [0.2, 0.25) is 0 Å². The van der Waals surface area contributed by atoms with Gasteiger partial charge in [0.15, 0.2) is 11.5 Å². The second-order valence-electron chi connectivity index (χ2n) is 3.27. The summed E-state index contributed by atoms with van der Waals surface area (Å²) in [5, 5.41) is 6.76. The summed E-state index contributed by atoms with van der Waals surface area (Å²) in [4.78, 5) is 3.33. The molecule has 1 aromatic carbocycles. The average Bonchev–Trinajstić information content (AvgIpc) is 2.59. The van der Waals surface area contributed by atoms with Crippen molar-refractivity contribution in [1.29, 1.82) is 0 Å². The number of rotatable bonds is 1. The first-order chi connectivity index (χ1) is 7.22. The Morgan fingerprint density at radius 1 is 1.33 bits per heavy atom. The van der Waals surface area contributed by atoms with E-state index >= 15 is 0 Å². The van der Waals surface area contributed by atoms with E-state index < -0.39 is 0 Å². The molecule has 0 atom stereocenters. The summed E-state index contributed by atoms with van der Waals surface area (Å²) >= 11 is 0. The number of nitrogens with one attached hydrogen (secondary N) is 1. The number of nitrogens with two attached hydrogens (primary N) is 1. The molecule has 0 aliphatic carbocycles. The molecule has 0 fully saturated rings. The maximum atomic E-state index is 6.86. The Hall–Kier alpha value is -2.28. The van der Waals surface area contributed by atoms with E-state index in [0.29, 0.717) is 11.5 Å². The molecule has 1 heterocycles. The Kier molecular flexibility index (Phi) is 2.14. The molecule has 0 aliphatic heterocycles. The molecule has 0 aliphatic rings. The summed E-state index contributed by atoms with van der Waals surface area (Å²) < 4.78 is 0. The third kappa shape index (κ3) is 1.55. The predicted octanol–water partition coefficient (Wildman–Crippen LogP) is 2.52. The molecule has 0 amide bonds. The van der Waals surface area contributed by atoms with E-state index in [2.05, 4.69) is 15.0 Å². The first-order valence-corrected chi connectivity index (χ1v) is 4.50. The molecule has 2 aromatic rings. The number of nitrogen functional groups attached to an aromatic ring is 1. The van der Waals surface area contributed by atoms with Gasteiger partial charge >= 0.3 is 0 Å². The van der Waals surface area contributed by atoms with Crippen molar-refractivity contribution < 1.29 is 0 Å². The number of aromatic nitrogens is 2. The molecule has 0 radical (unpaired) electrons. The van der Waals surface area contributed by atoms with Crippen LogP contribution in [0.5, 0.6) is 0 Å². The molecule has 0 bridgehead atoms. The molecule has 0 saturated heterocycles. The van der Waals surface area contributed by atoms with E-state index in [4.69, 9.17) is 12.3 Å². The topological polar surface area (TPSA) is 59.1 Å². The molecule has 4 heteroatoms. The lowest BCUT2D eigenvalue weighted by atomic mass is 10.1. The Morgan fingerprint density at radius 3 is 2.47 bits per heavy atom. The zero-order valence-corrected chi connectivity index (χ0v) is 8.28. The van der Waals surface area contributed by atoms with Crippen molar-refractivity contribution in [2.45, 2.75) is 6.92 Å². The second kappa shape index (κ2) is 3.46. The maximum absolute atomic E-state index is 6.86. The zero-order chi connectivity index (χ0) is 10.8. The van der Waals surface area contributed by atoms with Gasteiger partial charge in [0, 0.05) is 11.3 Å². The summed E-state index contributed by atoms with van der Waals surface area (Å²) in [5.74, 6) is 0.489. The van der Waals surface area contributed by atoms with Crippen LogP contribution in [0.25, 0.3) is 16.0 Å². The van der Waals surface area contributed by atoms with Crippen LogP contribution in [-0.2, 0) is 0 Å². The van der Waals surface area contributed by atoms with Gasteiger partial charge in [0.25, 0.3) is 0 Å². The molecule has 4 nitrogen and oxygen atoms in total. The zero-order valence-electron chi connectivity index (χ0n) is 8.28. The van der Waals surface area contributed by atoms with E-state index in [1.165, 1.54) is 0 Å². The van der Waals surface area contributed by atoms with E-state index in [0.717, 1.165) is 16.8 Å². The van der Waals surface area contributed by atoms with Crippen LogP contribution in [0.3, 0.4) is 0 Å². The van der Waals surface area contributed by atoms with Crippen molar-refractivity contribution in [1.82, 2.24) is 10.2 Å². The summed E-state index contributed by atoms with van der Waals surface area (Å²) in [6, 6.07) is 7.30. The van der Waals surface area contributed by atoms with Crippen molar-refractivity contribution >= 4 is 11.5 Å². The molecule has 15 heavy (non-hydrogen) atoms. The summed E-state index contributed by atoms with van der Waals surface area (Å²) in [6.45, 7) is 8.77. The Morgan fingerprint density at radius 2 is 2.00 bits per heavy atom. The van der Waals surface area contributed by atoms with Crippen LogP contribution in [-0.4, -0.2) is 10.2 Å². The van der Waals surface area contributed by atoms with Gasteiger partial charge in [-0.15, -0.1) is 0 Å². The Labute approximate surface area is 87.6 Å². The number of nitrogens with zero attached hydrogens (tertiary/aromatic N) is 2. The monoisotopic (exact) mass is 198 g/mol. The van der Waals surface area contributed by atoms with Crippen LogP contribution >= 0.6 is 0 Å². The molecule has 1 aromatic heterocycles. The largest absolute Gasteiger partial charge is 0.382 e. The fourth-order valence-electron chi connectivity index (χ4n) is 1.52. The molecular weight excluding hydrogens is 188 g/mol. The number of hydrogen-bond donors (Lipinski definition) is 2. The van der Waals surface area contributed by atoms with Crippen molar-refractivity contribution in [2.75, 3.05) is 5.73 Å². The van der Waals surface area contributed by atoms with Gasteiger partial charge in [0.05, 0.1) is 6.57 Å². The second-order valence-corrected chi connectivity index (χ2v) is 3.27. The van der Waals surface area contributed by atoms with Gasteiger partial charge < -0.3 is 5.73 Å². The molecule has 0 saturated carbocycles. The van der Waals surface area contributed by atoms with Crippen molar-refractivity contribution in [3.05, 3.63) is 41.4 Å². The third-order valence-electron chi connectivity index (χ3n) is 2.26. The van der Waals surface area contributed by atoms with Crippen molar-refractivity contribution in [2.24, 2.45) is 0 Å². The number of benzene rings is 1. The first kappa shape index (κ1) is 9.28. The minimum absolute atomic E-state index is 0.489. The van der Waals surface area contributed by atoms with Gasteiger partial charge in [0.1, 0.15) is 0 Å². The summed E-state index contributed by atoms with van der Waals surface area (Å²) in [6.07, 6.45) is 0. The fourth-order valence-corrected chi connectivity index (χ4v) is 1.52. The SMILES string of the molecule is [C-]#[N+]c1ccc(-c2c(N)n[nH]c2C)cc1. The highest BCUT2D eigenvalue weighted by molar-refractivity contribution is 5.77. The predicted molar refractivity (Wildman–Crippen MR) is 59.4 cm³/mol. The van der Waals surface area contributed by atoms with Crippen LogP contribution in [0.2, 0.25) is 0 Å². The maximum Gasteiger partial charge on any atom is 0.187 e. The molecular formula is C11H10N4. The average molecular weight is 198 g/mol. The van der Waals surface area contributed by atoms with Crippen molar-refractivity contribution in [3.63, 3.8) is 0 Å². The summed E-state index contributed by atoms with van der Waals surface area (Å²) in [7, 11) is 0. The van der Waals surface area contributed by atoms with E-state index in [-0.39, 0.29) is 0 Å². The van der Waals surface area contributed by atoms with E-state index in [9.17, 15) is 0 Å². The van der Waals surface area contributed by atoms with Gasteiger partial charge in [-0.3, -0.25) is 5.10 Å². The lowest BCUT2D eigenvalue weighted by Crippen LogP contribution is -1.87. The smallest absolute Gasteiger partial charge is 0.187 e. The molecule has 0 unspecified atom stereocenters. The lowest BCUT2D eigenvalue weighted by molar-refractivity contribution is 1.05. The number of anilines is 1. The van der Waals surface area contributed by atoms with Gasteiger partial charge in [-0.2, -0.15) is 5.10 Å². The Balaban J connectivity index is 2.51. The number of aryl methyl sites for hydroxylation is 1. The molecule has 3 N–H and O–H groups in total. The van der Waals surface area contributed by atoms with Crippen LogP contribution < -0.4 is 5.73 Å². The minimum atomic E-state index is 0.489. The third-order valence-corrected chi connectivity index (χ3v) is 2.26. The Bertz CT molecular complexity index is 497.